The number of nitrogens with zero attached hydrogens (tertiary/aromatic N) is 1. The first-order chi connectivity index (χ1) is 17.5. The number of nitrogens with one attached hydrogen (secondary N) is 1. The van der Waals surface area contributed by atoms with Gasteiger partial charge in [0.1, 0.15) is 6.61 Å². The van der Waals surface area contributed by atoms with Crippen LogP contribution in [0.4, 0.5) is 0 Å². The fourth-order valence-corrected chi connectivity index (χ4v) is 5.89. The molecule has 196 valence electrons. The second kappa shape index (κ2) is 12.5. The molecule has 2 aliphatic heterocycles. The van der Waals surface area contributed by atoms with E-state index in [0.29, 0.717) is 32.2 Å². The number of aliphatic hydroxyl groups excluding tert-OH is 1. The Morgan fingerprint density at radius 2 is 1.83 bits per heavy atom. The summed E-state index contributed by atoms with van der Waals surface area (Å²) in [6.45, 7) is 0.772. The number of carbonyl (C=O) groups excluding carboxylic acids is 3. The van der Waals surface area contributed by atoms with Gasteiger partial charge in [-0.25, -0.2) is 0 Å². The summed E-state index contributed by atoms with van der Waals surface area (Å²) in [6.07, 6.45) is 11.8. The van der Waals surface area contributed by atoms with Gasteiger partial charge in [-0.1, -0.05) is 55.3 Å². The lowest BCUT2D eigenvalue weighted by Gasteiger charge is -2.32. The largest absolute Gasteiger partial charge is 0.463 e. The number of allylic oxidation sites excluding steroid dienone is 2. The summed E-state index contributed by atoms with van der Waals surface area (Å²) < 4.78 is 5.87. The molecule has 0 aromatic heterocycles. The molecule has 1 saturated heterocycles. The molecular formula is C29H40N2O5. The van der Waals surface area contributed by atoms with E-state index in [0.717, 1.165) is 44.1 Å². The molecule has 36 heavy (non-hydrogen) atoms. The molecule has 2 fully saturated rings. The van der Waals surface area contributed by atoms with Crippen LogP contribution in [0.1, 0.15) is 69.8 Å². The van der Waals surface area contributed by atoms with Gasteiger partial charge in [-0.2, -0.15) is 0 Å². The number of ether oxygens (including phenoxy) is 1. The van der Waals surface area contributed by atoms with Crippen LogP contribution < -0.4 is 5.32 Å². The molecule has 7 nitrogen and oxygen atoms in total. The normalized spacial score (nSPS) is 27.1. The van der Waals surface area contributed by atoms with Crippen LogP contribution in [-0.2, 0) is 25.5 Å². The lowest BCUT2D eigenvalue weighted by atomic mass is 9.93. The van der Waals surface area contributed by atoms with Crippen LogP contribution in [0.3, 0.4) is 0 Å². The monoisotopic (exact) mass is 496 g/mol. The van der Waals surface area contributed by atoms with E-state index in [-0.39, 0.29) is 49.4 Å². The van der Waals surface area contributed by atoms with Crippen molar-refractivity contribution in [3.8, 4) is 0 Å². The number of likely N-dealkylation sites (tertiary alicyclic amines) is 1. The Bertz CT molecular complexity index is 925. The number of benzene rings is 1. The first-order valence-electron chi connectivity index (χ1n) is 13.6. The second-order valence-corrected chi connectivity index (χ2v) is 10.7. The van der Waals surface area contributed by atoms with Gasteiger partial charge in [-0.3, -0.25) is 14.4 Å². The molecule has 0 bridgehead atoms. The van der Waals surface area contributed by atoms with E-state index in [1.54, 1.807) is 4.90 Å². The highest BCUT2D eigenvalue weighted by atomic mass is 16.5. The Morgan fingerprint density at radius 3 is 2.58 bits per heavy atom. The minimum Gasteiger partial charge on any atom is -0.463 e. The molecule has 2 N–H and O–H groups in total. The fraction of sp³-hybridized carbons (Fsp3) is 0.621. The number of carbonyl (C=O) groups is 3. The van der Waals surface area contributed by atoms with Crippen LogP contribution >= 0.6 is 0 Å². The summed E-state index contributed by atoms with van der Waals surface area (Å²) in [7, 11) is 0. The smallest absolute Gasteiger partial charge is 0.309 e. The van der Waals surface area contributed by atoms with Gasteiger partial charge in [0.15, 0.2) is 0 Å². The van der Waals surface area contributed by atoms with Crippen molar-refractivity contribution in [2.45, 2.75) is 82.2 Å². The quantitative estimate of drug-likeness (QED) is 0.480. The maximum absolute atomic E-state index is 13.5. The van der Waals surface area contributed by atoms with Gasteiger partial charge in [0.25, 0.3) is 0 Å². The lowest BCUT2D eigenvalue weighted by Crippen LogP contribution is -2.53. The number of hydrogen-bond donors (Lipinski definition) is 2. The molecule has 4 rings (SSSR count). The van der Waals surface area contributed by atoms with Gasteiger partial charge in [-0.05, 0) is 56.9 Å². The molecule has 1 aromatic carbocycles. The summed E-state index contributed by atoms with van der Waals surface area (Å²) in [5.74, 6) is -1.15. The van der Waals surface area contributed by atoms with E-state index < -0.39 is 11.5 Å². The molecule has 2 heterocycles. The van der Waals surface area contributed by atoms with Gasteiger partial charge in [0.2, 0.25) is 11.8 Å². The fourth-order valence-electron chi connectivity index (χ4n) is 5.89. The molecular weight excluding hydrogens is 456 g/mol. The predicted molar refractivity (Wildman–Crippen MR) is 137 cm³/mol. The molecule has 0 radical (unpaired) electrons. The zero-order valence-corrected chi connectivity index (χ0v) is 21.2. The number of cyclic esters (lactones) is 1. The van der Waals surface area contributed by atoms with Crippen LogP contribution in [0.25, 0.3) is 0 Å². The van der Waals surface area contributed by atoms with Crippen molar-refractivity contribution in [1.82, 2.24) is 10.2 Å². The maximum atomic E-state index is 13.5. The van der Waals surface area contributed by atoms with Gasteiger partial charge >= 0.3 is 5.97 Å². The second-order valence-electron chi connectivity index (χ2n) is 10.7. The van der Waals surface area contributed by atoms with Crippen molar-refractivity contribution in [3.63, 3.8) is 0 Å². The Hall–Kier alpha value is -2.67. The van der Waals surface area contributed by atoms with Gasteiger partial charge in [0, 0.05) is 13.0 Å². The molecule has 1 saturated carbocycles. The zero-order chi connectivity index (χ0) is 25.4. The van der Waals surface area contributed by atoms with Crippen molar-refractivity contribution >= 4 is 17.8 Å². The van der Waals surface area contributed by atoms with Crippen molar-refractivity contribution in [2.75, 3.05) is 19.8 Å². The third-order valence-electron chi connectivity index (χ3n) is 8.07. The number of aliphatic hydroxyl groups is 1. The maximum Gasteiger partial charge on any atom is 0.309 e. The van der Waals surface area contributed by atoms with E-state index in [2.05, 4.69) is 5.32 Å². The van der Waals surface area contributed by atoms with Crippen molar-refractivity contribution in [3.05, 3.63) is 48.0 Å². The highest BCUT2D eigenvalue weighted by molar-refractivity contribution is 5.86. The predicted octanol–water partition coefficient (Wildman–Crippen LogP) is 3.55. The molecule has 3 atom stereocenters. The van der Waals surface area contributed by atoms with Crippen LogP contribution in [0.2, 0.25) is 0 Å². The Labute approximate surface area is 214 Å². The Morgan fingerprint density at radius 1 is 1.06 bits per heavy atom. The van der Waals surface area contributed by atoms with E-state index in [4.69, 9.17) is 4.74 Å². The molecule has 1 spiro atoms. The van der Waals surface area contributed by atoms with Crippen LogP contribution in [0.5, 0.6) is 0 Å². The summed E-state index contributed by atoms with van der Waals surface area (Å²) in [4.78, 5) is 41.4. The van der Waals surface area contributed by atoms with Crippen LogP contribution in [-0.4, -0.2) is 59.1 Å². The number of rotatable bonds is 5. The molecule has 1 aromatic rings. The summed E-state index contributed by atoms with van der Waals surface area (Å²) in [5, 5.41) is 12.8. The van der Waals surface area contributed by atoms with Crippen molar-refractivity contribution in [2.24, 2.45) is 11.8 Å². The molecule has 3 aliphatic rings. The standard InChI is InChI=1S/C29H40N2O5/c32-20-25-14-9-17-31(25)26(33)19-23-12-5-2-6-13-24(18-22-10-3-1-4-11-22)28(35)36-21-29(30-27(23)34)15-7-8-16-29/h1-5,10-11,23-25,32H,6-9,12-21H2,(H,30,34). The van der Waals surface area contributed by atoms with E-state index >= 15 is 0 Å². The average molecular weight is 497 g/mol. The number of amides is 2. The average Bonchev–Trinajstić information content (AvgIpc) is 3.56. The summed E-state index contributed by atoms with van der Waals surface area (Å²) in [6, 6.07) is 9.85. The van der Waals surface area contributed by atoms with Crippen molar-refractivity contribution in [1.29, 1.82) is 0 Å². The highest BCUT2D eigenvalue weighted by Crippen LogP contribution is 2.32. The van der Waals surface area contributed by atoms with Gasteiger partial charge in [-0.15, -0.1) is 0 Å². The Balaban J connectivity index is 1.49. The molecule has 3 unspecified atom stereocenters. The zero-order valence-electron chi connectivity index (χ0n) is 21.2. The van der Waals surface area contributed by atoms with E-state index in [1.807, 2.05) is 42.5 Å². The summed E-state index contributed by atoms with van der Waals surface area (Å²) in [5.41, 5.74) is 0.544. The van der Waals surface area contributed by atoms with Crippen LogP contribution in [0.15, 0.2) is 42.5 Å². The first-order valence-corrected chi connectivity index (χ1v) is 13.6. The van der Waals surface area contributed by atoms with E-state index in [1.165, 1.54) is 0 Å². The topological polar surface area (TPSA) is 95.9 Å². The van der Waals surface area contributed by atoms with Gasteiger partial charge in [0.05, 0.1) is 30.0 Å². The lowest BCUT2D eigenvalue weighted by molar-refractivity contribution is -0.152. The van der Waals surface area contributed by atoms with Crippen LogP contribution in [0, 0.1) is 11.8 Å². The molecule has 7 heteroatoms. The Kier molecular flexibility index (Phi) is 9.19. The molecule has 2 amide bonds. The minimum absolute atomic E-state index is 0.0405. The third kappa shape index (κ3) is 6.75. The number of hydrogen-bond acceptors (Lipinski definition) is 5. The summed E-state index contributed by atoms with van der Waals surface area (Å²) >= 11 is 0. The SMILES string of the molecule is O=C1NC2(CCCC2)COC(=O)C(Cc2ccccc2)CCC=CCC1CC(=O)N1CCCC1CO. The first kappa shape index (κ1) is 26.4. The number of esters is 1. The minimum atomic E-state index is -0.565. The van der Waals surface area contributed by atoms with E-state index in [9.17, 15) is 19.5 Å². The third-order valence-corrected chi connectivity index (χ3v) is 8.07. The highest BCUT2D eigenvalue weighted by Gasteiger charge is 2.40. The van der Waals surface area contributed by atoms with Gasteiger partial charge < -0.3 is 20.1 Å². The molecule has 1 aliphatic carbocycles. The van der Waals surface area contributed by atoms with Crippen molar-refractivity contribution < 1.29 is 24.2 Å².